The first kappa shape index (κ1) is 24.1. The first-order valence-corrected chi connectivity index (χ1v) is 11.6. The van der Waals surface area contributed by atoms with E-state index in [1.165, 1.54) is 12.1 Å². The molecule has 3 aromatic rings. The van der Waals surface area contributed by atoms with Crippen molar-refractivity contribution >= 4 is 5.78 Å². The molecule has 9 heteroatoms. The Morgan fingerprint density at radius 3 is 2.67 bits per heavy atom. The van der Waals surface area contributed by atoms with E-state index in [1.807, 2.05) is 25.1 Å². The van der Waals surface area contributed by atoms with E-state index in [2.05, 4.69) is 9.47 Å². The number of ether oxygens (including phenoxy) is 3. The fourth-order valence-corrected chi connectivity index (χ4v) is 4.37. The van der Waals surface area contributed by atoms with Gasteiger partial charge in [0.25, 0.3) is 0 Å². The maximum absolute atomic E-state index is 13.4. The number of aliphatic hydroxyl groups is 2. The van der Waals surface area contributed by atoms with Gasteiger partial charge in [-0.05, 0) is 61.2 Å². The number of fused-ring (bicyclic) bond motifs is 1. The molecule has 1 atom stereocenters. The Bertz CT molecular complexity index is 1320. The quantitative estimate of drug-likeness (QED) is 0.447. The van der Waals surface area contributed by atoms with E-state index in [9.17, 15) is 18.7 Å². The third kappa shape index (κ3) is 4.76. The number of hydrogen-bond donors (Lipinski definition) is 2. The van der Waals surface area contributed by atoms with Gasteiger partial charge in [0, 0.05) is 20.5 Å². The van der Waals surface area contributed by atoms with Gasteiger partial charge in [0.15, 0.2) is 11.5 Å². The van der Waals surface area contributed by atoms with Gasteiger partial charge in [-0.2, -0.15) is 0 Å². The Balaban J connectivity index is 0.00000200. The fraction of sp³-hybridized carbons (Fsp3) is 0.333. The standard InChI is InChI=1S/C27H25F2NO6.2H2/c1-16-5-7-19(30-25(16)17-3-2-4-21(11-17)34-15-20(32)14-31)13-24(33)26(9-10-26)18-6-8-22-23(12-18)36-27(28,29)35-22;;/h2-8,11-12,20,31-32H,9-10,13-15H2,1H3;2*1H/t20-;;/m1../s1. The third-order valence-electron chi connectivity index (χ3n) is 6.49. The highest BCUT2D eigenvalue weighted by Crippen LogP contribution is 2.52. The molecule has 0 spiro atoms. The maximum Gasteiger partial charge on any atom is 0.586 e. The van der Waals surface area contributed by atoms with Gasteiger partial charge in [-0.25, -0.2) is 0 Å². The van der Waals surface area contributed by atoms with Crippen LogP contribution in [0.1, 0.15) is 32.5 Å². The van der Waals surface area contributed by atoms with E-state index in [-0.39, 0.29) is 33.2 Å². The Morgan fingerprint density at radius 2 is 1.92 bits per heavy atom. The summed E-state index contributed by atoms with van der Waals surface area (Å²) in [5.41, 5.74) is 2.89. The highest BCUT2D eigenvalue weighted by molar-refractivity contribution is 5.94. The number of benzene rings is 2. The lowest BCUT2D eigenvalue weighted by atomic mass is 9.88. The third-order valence-corrected chi connectivity index (χ3v) is 6.49. The van der Waals surface area contributed by atoms with Gasteiger partial charge >= 0.3 is 6.29 Å². The Labute approximate surface area is 209 Å². The van der Waals surface area contributed by atoms with Crippen LogP contribution in [0.5, 0.6) is 17.2 Å². The largest absolute Gasteiger partial charge is 0.586 e. The Kier molecular flexibility index (Phi) is 6.13. The van der Waals surface area contributed by atoms with Crippen LogP contribution in [0.3, 0.4) is 0 Å². The minimum Gasteiger partial charge on any atom is -0.491 e. The molecule has 0 saturated heterocycles. The molecule has 2 aromatic carbocycles. The lowest BCUT2D eigenvalue weighted by Gasteiger charge is -2.16. The lowest BCUT2D eigenvalue weighted by Crippen LogP contribution is -2.26. The second-order valence-corrected chi connectivity index (χ2v) is 9.15. The van der Waals surface area contributed by atoms with Crippen molar-refractivity contribution in [1.29, 1.82) is 0 Å². The van der Waals surface area contributed by atoms with E-state index in [0.717, 1.165) is 11.1 Å². The van der Waals surface area contributed by atoms with Crippen LogP contribution in [-0.2, 0) is 16.6 Å². The zero-order valence-corrected chi connectivity index (χ0v) is 19.5. The summed E-state index contributed by atoms with van der Waals surface area (Å²) in [4.78, 5) is 18.1. The molecule has 2 aliphatic rings. The summed E-state index contributed by atoms with van der Waals surface area (Å²) in [7, 11) is 0. The van der Waals surface area contributed by atoms with Crippen molar-refractivity contribution in [3.8, 4) is 28.5 Å². The predicted molar refractivity (Wildman–Crippen MR) is 129 cm³/mol. The second-order valence-electron chi connectivity index (χ2n) is 9.15. The van der Waals surface area contributed by atoms with Gasteiger partial charge in [0.2, 0.25) is 0 Å². The summed E-state index contributed by atoms with van der Waals surface area (Å²) in [5, 5.41) is 18.5. The molecule has 1 aliphatic carbocycles. The number of alkyl halides is 2. The smallest absolute Gasteiger partial charge is 0.491 e. The summed E-state index contributed by atoms with van der Waals surface area (Å²) < 4.78 is 41.4. The van der Waals surface area contributed by atoms with E-state index < -0.39 is 24.4 Å². The summed E-state index contributed by atoms with van der Waals surface area (Å²) in [6.07, 6.45) is -3.33. The van der Waals surface area contributed by atoms with Crippen LogP contribution < -0.4 is 14.2 Å². The molecule has 2 N–H and O–H groups in total. The van der Waals surface area contributed by atoms with Gasteiger partial charge in [-0.1, -0.05) is 24.3 Å². The van der Waals surface area contributed by atoms with Crippen LogP contribution in [0.2, 0.25) is 0 Å². The molecule has 192 valence electrons. The number of pyridine rings is 1. The first-order valence-electron chi connectivity index (χ1n) is 11.6. The van der Waals surface area contributed by atoms with Crippen LogP contribution in [0, 0.1) is 6.92 Å². The number of rotatable bonds is 9. The van der Waals surface area contributed by atoms with Crippen LogP contribution in [0.15, 0.2) is 54.6 Å². The normalized spacial score (nSPS) is 17.5. The monoisotopic (exact) mass is 501 g/mol. The van der Waals surface area contributed by atoms with Gasteiger partial charge < -0.3 is 24.4 Å². The Morgan fingerprint density at radius 1 is 1.14 bits per heavy atom. The number of nitrogens with zero attached hydrogens (tertiary/aromatic N) is 1. The molecule has 0 radical (unpaired) electrons. The van der Waals surface area contributed by atoms with Gasteiger partial charge in [0.1, 0.15) is 24.2 Å². The summed E-state index contributed by atoms with van der Waals surface area (Å²) in [5.74, 6) is 0.369. The van der Waals surface area contributed by atoms with Gasteiger partial charge in [-0.15, -0.1) is 8.78 Å². The molecular formula is C27H29F2NO6. The number of aliphatic hydroxyl groups excluding tert-OH is 2. The van der Waals surface area contributed by atoms with E-state index >= 15 is 0 Å². The molecule has 0 bridgehead atoms. The van der Waals surface area contributed by atoms with Gasteiger partial charge in [0.05, 0.1) is 17.7 Å². The van der Waals surface area contributed by atoms with E-state index in [0.29, 0.717) is 35.5 Å². The Hall–Kier alpha value is -3.56. The zero-order valence-electron chi connectivity index (χ0n) is 19.5. The van der Waals surface area contributed by atoms with E-state index in [4.69, 9.17) is 14.8 Å². The molecule has 0 amide bonds. The minimum absolute atomic E-state index is 0. The molecule has 2 heterocycles. The molecule has 36 heavy (non-hydrogen) atoms. The van der Waals surface area contributed by atoms with Crippen molar-refractivity contribution in [2.45, 2.75) is 44.0 Å². The number of Topliss-reactive ketones (excluding diaryl/α,β-unsaturated/α-hetero) is 1. The van der Waals surface area contributed by atoms with Crippen molar-refractivity contribution in [1.82, 2.24) is 4.98 Å². The van der Waals surface area contributed by atoms with Gasteiger partial charge in [-0.3, -0.25) is 9.78 Å². The first-order chi connectivity index (χ1) is 17.2. The van der Waals surface area contributed by atoms with Crippen LogP contribution in [0.4, 0.5) is 8.78 Å². The molecule has 7 nitrogen and oxygen atoms in total. The van der Waals surface area contributed by atoms with Crippen molar-refractivity contribution < 1.29 is 40.9 Å². The number of carbonyl (C=O) groups is 1. The van der Waals surface area contributed by atoms with Crippen LogP contribution in [-0.4, -0.2) is 46.6 Å². The van der Waals surface area contributed by atoms with Crippen LogP contribution in [0.25, 0.3) is 11.3 Å². The number of halogens is 2. The van der Waals surface area contributed by atoms with Crippen molar-refractivity contribution in [2.24, 2.45) is 0 Å². The highest BCUT2D eigenvalue weighted by atomic mass is 19.3. The maximum atomic E-state index is 13.4. The topological polar surface area (TPSA) is 98.1 Å². The summed E-state index contributed by atoms with van der Waals surface area (Å²) in [6.45, 7) is 1.49. The van der Waals surface area contributed by atoms with Crippen molar-refractivity contribution in [2.75, 3.05) is 13.2 Å². The molecule has 1 aromatic heterocycles. The SMILES string of the molecule is Cc1ccc(CC(=O)C2(c3ccc4c(c3)OC(F)(F)O4)CC2)nc1-c1cccc(OC[C@H](O)CO)c1.[HH].[HH]. The lowest BCUT2D eigenvalue weighted by molar-refractivity contribution is -0.286. The molecule has 5 rings (SSSR count). The molecule has 0 unspecified atom stereocenters. The fourth-order valence-electron chi connectivity index (χ4n) is 4.37. The summed E-state index contributed by atoms with van der Waals surface area (Å²) >= 11 is 0. The van der Waals surface area contributed by atoms with Crippen molar-refractivity contribution in [3.05, 3.63) is 71.4 Å². The summed E-state index contributed by atoms with van der Waals surface area (Å²) in [6, 6.07) is 15.4. The molecular weight excluding hydrogens is 472 g/mol. The number of carbonyl (C=O) groups excluding carboxylic acids is 1. The number of aryl methyl sites for hydroxylation is 1. The second kappa shape index (κ2) is 9.15. The molecule has 1 saturated carbocycles. The number of ketones is 1. The predicted octanol–water partition coefficient (Wildman–Crippen LogP) is 4.45. The average molecular weight is 502 g/mol. The molecule has 1 fully saturated rings. The van der Waals surface area contributed by atoms with Crippen LogP contribution >= 0.6 is 0 Å². The zero-order chi connectivity index (χ0) is 25.5. The van der Waals surface area contributed by atoms with Crippen molar-refractivity contribution in [3.63, 3.8) is 0 Å². The van der Waals surface area contributed by atoms with E-state index in [1.54, 1.807) is 24.3 Å². The molecule has 1 aliphatic heterocycles. The highest BCUT2D eigenvalue weighted by Gasteiger charge is 2.52. The number of aromatic nitrogens is 1. The number of hydrogen-bond acceptors (Lipinski definition) is 7. The average Bonchev–Trinajstić information content (AvgIpc) is 3.61. The minimum atomic E-state index is -3.70.